The van der Waals surface area contributed by atoms with Gasteiger partial charge in [0.2, 0.25) is 11.7 Å². The van der Waals surface area contributed by atoms with Gasteiger partial charge in [-0.3, -0.25) is 9.36 Å². The van der Waals surface area contributed by atoms with Crippen molar-refractivity contribution in [2.75, 3.05) is 30.3 Å². The number of piperidine rings is 1. The number of ether oxygens (including phenoxy) is 2. The molecular weight excluding hydrogens is 429 g/mol. The molecule has 1 aromatic heterocycles. The summed E-state index contributed by atoms with van der Waals surface area (Å²) in [5.74, 6) is 0.655. The summed E-state index contributed by atoms with van der Waals surface area (Å²) in [6, 6.07) is 4.93. The van der Waals surface area contributed by atoms with Crippen LogP contribution in [0.3, 0.4) is 0 Å². The molecule has 4 N–H and O–H groups in total. The van der Waals surface area contributed by atoms with E-state index in [0.29, 0.717) is 30.7 Å². The van der Waals surface area contributed by atoms with Gasteiger partial charge in [0.25, 0.3) is 5.56 Å². The smallest absolute Gasteiger partial charge is 0.299 e. The maximum absolute atomic E-state index is 13.0. The van der Waals surface area contributed by atoms with Crippen LogP contribution in [-0.2, 0) is 11.8 Å². The number of nitrogens with two attached hydrogens (primary N) is 2. The Balaban J connectivity index is 1.58. The van der Waals surface area contributed by atoms with Crippen LogP contribution in [0.4, 0.5) is 11.8 Å². The van der Waals surface area contributed by atoms with Gasteiger partial charge >= 0.3 is 0 Å². The van der Waals surface area contributed by atoms with Crippen LogP contribution in [-0.4, -0.2) is 41.4 Å². The molecule has 162 valence electrons. The number of rotatable bonds is 3. The first-order valence-electron chi connectivity index (χ1n) is 9.84. The Kier molecular flexibility index (Phi) is 5.61. The topological polar surface area (TPSA) is 109 Å². The third kappa shape index (κ3) is 3.51. The summed E-state index contributed by atoms with van der Waals surface area (Å²) in [6.07, 6.45) is 1.79. The van der Waals surface area contributed by atoms with Crippen molar-refractivity contribution in [3.8, 4) is 11.5 Å². The molecule has 2 aliphatic rings. The van der Waals surface area contributed by atoms with Gasteiger partial charge in [-0.1, -0.05) is 29.3 Å². The van der Waals surface area contributed by atoms with Crippen LogP contribution in [0.15, 0.2) is 23.0 Å². The monoisotopic (exact) mass is 453 g/mol. The number of nitrogen functional groups attached to an aromatic ring is 1. The molecule has 10 heteroatoms. The molecule has 1 spiro atoms. The Labute approximate surface area is 184 Å². The van der Waals surface area contributed by atoms with Gasteiger partial charge in [0.05, 0.1) is 17.7 Å². The minimum atomic E-state index is -0.400. The van der Waals surface area contributed by atoms with E-state index in [1.807, 2.05) is 6.92 Å². The first-order chi connectivity index (χ1) is 14.2. The molecule has 8 nitrogen and oxygen atoms in total. The lowest BCUT2D eigenvalue weighted by Gasteiger charge is -2.41. The van der Waals surface area contributed by atoms with Gasteiger partial charge < -0.3 is 25.8 Å². The molecule has 0 saturated carbocycles. The van der Waals surface area contributed by atoms with E-state index in [1.54, 1.807) is 25.2 Å². The Morgan fingerprint density at radius 3 is 2.63 bits per heavy atom. The summed E-state index contributed by atoms with van der Waals surface area (Å²) in [5.41, 5.74) is 12.1. The van der Waals surface area contributed by atoms with Gasteiger partial charge in [0, 0.05) is 31.6 Å². The van der Waals surface area contributed by atoms with Gasteiger partial charge in [-0.05, 0) is 31.9 Å². The van der Waals surface area contributed by atoms with Crippen molar-refractivity contribution < 1.29 is 9.47 Å². The van der Waals surface area contributed by atoms with Crippen molar-refractivity contribution in [1.29, 1.82) is 0 Å². The predicted molar refractivity (Wildman–Crippen MR) is 118 cm³/mol. The largest absolute Gasteiger partial charge is 0.446 e. The molecule has 2 saturated heterocycles. The molecule has 2 fully saturated rings. The predicted octanol–water partition coefficient (Wildman–Crippen LogP) is 2.79. The molecule has 0 aliphatic carbocycles. The molecule has 2 aromatic rings. The highest BCUT2D eigenvalue weighted by Gasteiger charge is 2.47. The third-order valence-electron chi connectivity index (χ3n) is 6.27. The number of hydrogen-bond donors (Lipinski definition) is 2. The molecule has 2 atom stereocenters. The lowest BCUT2D eigenvalue weighted by Crippen LogP contribution is -2.51. The van der Waals surface area contributed by atoms with Crippen molar-refractivity contribution in [3.05, 3.63) is 38.6 Å². The van der Waals surface area contributed by atoms with E-state index in [0.717, 1.165) is 12.8 Å². The Morgan fingerprint density at radius 1 is 1.30 bits per heavy atom. The maximum atomic E-state index is 13.0. The van der Waals surface area contributed by atoms with Crippen LogP contribution in [0.5, 0.6) is 11.5 Å². The van der Waals surface area contributed by atoms with Crippen LogP contribution >= 0.6 is 23.2 Å². The van der Waals surface area contributed by atoms with Crippen LogP contribution in [0.2, 0.25) is 10.0 Å². The Bertz CT molecular complexity index is 1020. The van der Waals surface area contributed by atoms with Gasteiger partial charge in [-0.25, -0.2) is 0 Å². The standard InChI is InChI=1S/C20H25Cl2N5O3/c1-11-16(23)20(10-29-11)6-8-27(9-7-20)19-25-17(24)15(18(28)26(19)2)30-13-5-3-4-12(21)14(13)22/h3-5,11,16H,6-10,23-24H2,1-2H3/t11-,16+/m0/s1. The molecule has 30 heavy (non-hydrogen) atoms. The molecule has 2 aliphatic heterocycles. The molecule has 3 heterocycles. The van der Waals surface area contributed by atoms with Gasteiger partial charge in [-0.15, -0.1) is 0 Å². The number of benzene rings is 1. The summed E-state index contributed by atoms with van der Waals surface area (Å²) in [4.78, 5) is 19.5. The highest BCUT2D eigenvalue weighted by molar-refractivity contribution is 6.42. The number of anilines is 2. The molecule has 1 aromatic carbocycles. The van der Waals surface area contributed by atoms with Crippen molar-refractivity contribution >= 4 is 35.0 Å². The fourth-order valence-electron chi connectivity index (χ4n) is 4.26. The summed E-state index contributed by atoms with van der Waals surface area (Å²) in [5, 5.41) is 0.523. The van der Waals surface area contributed by atoms with Gasteiger partial charge in [0.1, 0.15) is 10.8 Å². The molecule has 0 unspecified atom stereocenters. The summed E-state index contributed by atoms with van der Waals surface area (Å²) in [7, 11) is 1.65. The lowest BCUT2D eigenvalue weighted by atomic mass is 9.73. The van der Waals surface area contributed by atoms with Crippen LogP contribution in [0.25, 0.3) is 0 Å². The molecule has 0 radical (unpaired) electrons. The van der Waals surface area contributed by atoms with Crippen molar-refractivity contribution in [2.45, 2.75) is 31.9 Å². The number of nitrogens with zero attached hydrogens (tertiary/aromatic N) is 3. The molecular formula is C20H25Cl2N5O3. The highest BCUT2D eigenvalue weighted by Crippen LogP contribution is 2.42. The van der Waals surface area contributed by atoms with Crippen molar-refractivity contribution in [3.63, 3.8) is 0 Å². The van der Waals surface area contributed by atoms with E-state index in [-0.39, 0.29) is 39.9 Å². The first-order valence-corrected chi connectivity index (χ1v) is 10.6. The Hall–Kier alpha value is -2.00. The summed E-state index contributed by atoms with van der Waals surface area (Å²) < 4.78 is 12.9. The zero-order chi connectivity index (χ0) is 21.6. The third-order valence-corrected chi connectivity index (χ3v) is 7.07. The summed E-state index contributed by atoms with van der Waals surface area (Å²) in [6.45, 7) is 4.11. The van der Waals surface area contributed by atoms with E-state index in [9.17, 15) is 4.79 Å². The maximum Gasteiger partial charge on any atom is 0.299 e. The van der Waals surface area contributed by atoms with E-state index >= 15 is 0 Å². The van der Waals surface area contributed by atoms with E-state index in [4.69, 9.17) is 44.1 Å². The number of halogens is 2. The van der Waals surface area contributed by atoms with Gasteiger partial charge in [0.15, 0.2) is 5.82 Å². The molecule has 0 bridgehead atoms. The van der Waals surface area contributed by atoms with Gasteiger partial charge in [-0.2, -0.15) is 4.98 Å². The Morgan fingerprint density at radius 2 is 2.00 bits per heavy atom. The first kappa shape index (κ1) is 21.2. The quantitative estimate of drug-likeness (QED) is 0.734. The van der Waals surface area contributed by atoms with Crippen molar-refractivity contribution in [2.24, 2.45) is 18.2 Å². The van der Waals surface area contributed by atoms with Crippen molar-refractivity contribution in [1.82, 2.24) is 9.55 Å². The minimum Gasteiger partial charge on any atom is -0.446 e. The molecule has 0 amide bonds. The fraction of sp³-hybridized carbons (Fsp3) is 0.500. The zero-order valence-corrected chi connectivity index (χ0v) is 18.4. The normalized spacial score (nSPS) is 23.2. The highest BCUT2D eigenvalue weighted by atomic mass is 35.5. The van der Waals surface area contributed by atoms with Crippen LogP contribution in [0.1, 0.15) is 19.8 Å². The average molecular weight is 454 g/mol. The second-order valence-electron chi connectivity index (χ2n) is 8.04. The van der Waals surface area contributed by atoms with Crippen LogP contribution in [0, 0.1) is 5.41 Å². The van der Waals surface area contributed by atoms with E-state index < -0.39 is 5.56 Å². The SMILES string of the molecule is C[C@@H]1OCC2(CCN(c3nc(N)c(Oc4cccc(Cl)c4Cl)c(=O)n3C)CC2)[C@@H]1N. The second-order valence-corrected chi connectivity index (χ2v) is 8.82. The van der Waals surface area contributed by atoms with E-state index in [2.05, 4.69) is 9.88 Å². The zero-order valence-electron chi connectivity index (χ0n) is 16.9. The number of aromatic nitrogens is 2. The summed E-state index contributed by atoms with van der Waals surface area (Å²) >= 11 is 12.2. The minimum absolute atomic E-state index is 0.000970. The van der Waals surface area contributed by atoms with E-state index in [1.165, 1.54) is 4.57 Å². The lowest BCUT2D eigenvalue weighted by molar-refractivity contribution is 0.0973. The van der Waals surface area contributed by atoms with Crippen LogP contribution < -0.4 is 26.7 Å². The number of hydrogen-bond acceptors (Lipinski definition) is 7. The fourth-order valence-corrected chi connectivity index (χ4v) is 4.59. The second kappa shape index (κ2) is 7.92. The molecule has 4 rings (SSSR count). The average Bonchev–Trinajstić information content (AvgIpc) is 3.00.